The highest BCUT2D eigenvalue weighted by molar-refractivity contribution is 5.20. The van der Waals surface area contributed by atoms with Crippen LogP contribution in [0.5, 0.6) is 5.75 Å². The van der Waals surface area contributed by atoms with Gasteiger partial charge in [0, 0.05) is 18.9 Å². The number of aromatic nitrogens is 2. The van der Waals surface area contributed by atoms with Crippen molar-refractivity contribution in [1.29, 1.82) is 0 Å². The van der Waals surface area contributed by atoms with Gasteiger partial charge in [0.15, 0.2) is 5.82 Å². The van der Waals surface area contributed by atoms with Gasteiger partial charge < -0.3 is 9.26 Å². The number of aryl methyl sites for hydroxylation is 1. The van der Waals surface area contributed by atoms with Crippen molar-refractivity contribution in [2.75, 3.05) is 19.7 Å². The van der Waals surface area contributed by atoms with E-state index in [4.69, 9.17) is 9.26 Å². The summed E-state index contributed by atoms with van der Waals surface area (Å²) in [5.41, 5.74) is 0. The molecule has 1 fully saturated rings. The Morgan fingerprint density at radius 1 is 1.32 bits per heavy atom. The number of para-hydroxylation sites is 1. The molecule has 1 aliphatic heterocycles. The van der Waals surface area contributed by atoms with Crippen LogP contribution in [0.4, 0.5) is 0 Å². The van der Waals surface area contributed by atoms with Crippen LogP contribution in [0.15, 0.2) is 34.9 Å². The predicted octanol–water partition coefficient (Wildman–Crippen LogP) is 2.92. The van der Waals surface area contributed by atoms with E-state index in [0.29, 0.717) is 5.92 Å². The van der Waals surface area contributed by atoms with E-state index in [1.54, 1.807) is 0 Å². The van der Waals surface area contributed by atoms with E-state index in [1.165, 1.54) is 12.8 Å². The zero-order chi connectivity index (χ0) is 15.2. The van der Waals surface area contributed by atoms with Gasteiger partial charge in [-0.2, -0.15) is 4.98 Å². The second-order valence-electron chi connectivity index (χ2n) is 5.83. The fraction of sp³-hybridized carbons (Fsp3) is 0.529. The molecule has 0 amide bonds. The molecular formula is C17H23N3O2. The quantitative estimate of drug-likeness (QED) is 0.821. The lowest BCUT2D eigenvalue weighted by atomic mass is 9.99. The smallest absolute Gasteiger partial charge is 0.240 e. The monoisotopic (exact) mass is 301 g/mol. The van der Waals surface area contributed by atoms with Crippen LogP contribution in [-0.4, -0.2) is 34.7 Å². The van der Waals surface area contributed by atoms with Gasteiger partial charge in [0.2, 0.25) is 5.89 Å². The molecule has 118 valence electrons. The normalized spacial score (nSPS) is 19.2. The van der Waals surface area contributed by atoms with Gasteiger partial charge in [0.05, 0.1) is 13.2 Å². The Morgan fingerprint density at radius 3 is 2.95 bits per heavy atom. The van der Waals surface area contributed by atoms with Crippen molar-refractivity contribution in [2.45, 2.75) is 32.7 Å². The van der Waals surface area contributed by atoms with Crippen molar-refractivity contribution in [3.8, 4) is 5.75 Å². The number of nitrogens with zero attached hydrogens (tertiary/aromatic N) is 3. The van der Waals surface area contributed by atoms with Crippen molar-refractivity contribution in [1.82, 2.24) is 15.0 Å². The lowest BCUT2D eigenvalue weighted by Gasteiger charge is -2.31. The first-order valence-electron chi connectivity index (χ1n) is 8.05. The Labute approximate surface area is 131 Å². The fourth-order valence-electron chi connectivity index (χ4n) is 2.85. The third-order valence-corrected chi connectivity index (χ3v) is 4.02. The standard InChI is InChI=1S/C17H23N3O2/c1-2-16-18-17(22-19-16)12-20-10-6-7-14(11-20)13-21-15-8-4-3-5-9-15/h3-5,8-9,14H,2,6-7,10-13H2,1H3/t14-/m0/s1. The van der Waals surface area contributed by atoms with Crippen LogP contribution in [0.1, 0.15) is 31.5 Å². The van der Waals surface area contributed by atoms with Gasteiger partial charge in [-0.05, 0) is 31.5 Å². The molecule has 0 aliphatic carbocycles. The summed E-state index contributed by atoms with van der Waals surface area (Å²) in [4.78, 5) is 6.78. The van der Waals surface area contributed by atoms with Gasteiger partial charge in [0.1, 0.15) is 5.75 Å². The number of ether oxygens (including phenoxy) is 1. The first kappa shape index (κ1) is 15.0. The minimum atomic E-state index is 0.558. The first-order valence-corrected chi connectivity index (χ1v) is 8.05. The molecule has 5 heteroatoms. The molecule has 1 aliphatic rings. The fourth-order valence-corrected chi connectivity index (χ4v) is 2.85. The van der Waals surface area contributed by atoms with Crippen LogP contribution in [0, 0.1) is 5.92 Å². The third-order valence-electron chi connectivity index (χ3n) is 4.02. The van der Waals surface area contributed by atoms with E-state index in [0.717, 1.165) is 50.1 Å². The van der Waals surface area contributed by atoms with Crippen molar-refractivity contribution in [2.24, 2.45) is 5.92 Å². The second-order valence-corrected chi connectivity index (χ2v) is 5.83. The largest absolute Gasteiger partial charge is 0.493 e. The van der Waals surface area contributed by atoms with Crippen LogP contribution < -0.4 is 4.74 Å². The number of hydrogen-bond acceptors (Lipinski definition) is 5. The van der Waals surface area contributed by atoms with E-state index in [-0.39, 0.29) is 0 Å². The zero-order valence-electron chi connectivity index (χ0n) is 13.1. The lowest BCUT2D eigenvalue weighted by Crippen LogP contribution is -2.37. The van der Waals surface area contributed by atoms with Crippen LogP contribution in [0.25, 0.3) is 0 Å². The molecule has 3 rings (SSSR count). The van der Waals surface area contributed by atoms with Gasteiger partial charge in [-0.1, -0.05) is 30.3 Å². The summed E-state index contributed by atoms with van der Waals surface area (Å²) in [5.74, 6) is 3.02. The number of benzene rings is 1. The summed E-state index contributed by atoms with van der Waals surface area (Å²) in [6.45, 7) is 5.66. The Morgan fingerprint density at radius 2 is 2.18 bits per heavy atom. The van der Waals surface area contributed by atoms with Crippen LogP contribution in [-0.2, 0) is 13.0 Å². The van der Waals surface area contributed by atoms with E-state index < -0.39 is 0 Å². The molecule has 2 aromatic rings. The Hall–Kier alpha value is -1.88. The van der Waals surface area contributed by atoms with Crippen LogP contribution in [0.2, 0.25) is 0 Å². The molecule has 1 atom stereocenters. The highest BCUT2D eigenvalue weighted by Crippen LogP contribution is 2.20. The Bertz CT molecular complexity index is 570. The van der Waals surface area contributed by atoms with E-state index in [9.17, 15) is 0 Å². The number of likely N-dealkylation sites (tertiary alicyclic amines) is 1. The molecule has 2 heterocycles. The molecule has 5 nitrogen and oxygen atoms in total. The van der Waals surface area contributed by atoms with Gasteiger partial charge in [-0.25, -0.2) is 0 Å². The average Bonchev–Trinajstić information content (AvgIpc) is 3.02. The maximum absolute atomic E-state index is 5.89. The van der Waals surface area contributed by atoms with Gasteiger partial charge in [-0.15, -0.1) is 0 Å². The van der Waals surface area contributed by atoms with Crippen molar-refractivity contribution >= 4 is 0 Å². The highest BCUT2D eigenvalue weighted by Gasteiger charge is 2.22. The second kappa shape index (κ2) is 7.40. The molecule has 0 bridgehead atoms. The number of rotatable bonds is 6. The average molecular weight is 301 g/mol. The summed E-state index contributed by atoms with van der Waals surface area (Å²) < 4.78 is 11.2. The van der Waals surface area contributed by atoms with Crippen molar-refractivity contribution in [3.05, 3.63) is 42.0 Å². The maximum atomic E-state index is 5.89. The van der Waals surface area contributed by atoms with E-state index in [2.05, 4.69) is 15.0 Å². The molecule has 0 unspecified atom stereocenters. The molecule has 1 aromatic carbocycles. The van der Waals surface area contributed by atoms with E-state index in [1.807, 2.05) is 37.3 Å². The van der Waals surface area contributed by atoms with Crippen molar-refractivity contribution < 1.29 is 9.26 Å². The van der Waals surface area contributed by atoms with Gasteiger partial charge in [-0.3, -0.25) is 4.90 Å². The molecule has 22 heavy (non-hydrogen) atoms. The maximum Gasteiger partial charge on any atom is 0.240 e. The zero-order valence-corrected chi connectivity index (χ0v) is 13.1. The van der Waals surface area contributed by atoms with Crippen molar-refractivity contribution in [3.63, 3.8) is 0 Å². The molecule has 1 saturated heterocycles. The van der Waals surface area contributed by atoms with Crippen LogP contribution >= 0.6 is 0 Å². The summed E-state index contributed by atoms with van der Waals surface area (Å²) in [5, 5.41) is 3.96. The molecule has 0 spiro atoms. The highest BCUT2D eigenvalue weighted by atomic mass is 16.5. The first-order chi connectivity index (χ1) is 10.8. The molecule has 0 radical (unpaired) electrons. The summed E-state index contributed by atoms with van der Waals surface area (Å²) in [6.07, 6.45) is 3.22. The number of hydrogen-bond donors (Lipinski definition) is 0. The Balaban J connectivity index is 1.48. The molecule has 1 aromatic heterocycles. The molecular weight excluding hydrogens is 278 g/mol. The molecule has 0 N–H and O–H groups in total. The van der Waals surface area contributed by atoms with Gasteiger partial charge in [0.25, 0.3) is 0 Å². The van der Waals surface area contributed by atoms with Crippen LogP contribution in [0.3, 0.4) is 0 Å². The third kappa shape index (κ3) is 4.07. The minimum absolute atomic E-state index is 0.558. The SMILES string of the molecule is CCc1noc(CN2CCC[C@H](COc3ccccc3)C2)n1. The lowest BCUT2D eigenvalue weighted by molar-refractivity contribution is 0.115. The topological polar surface area (TPSA) is 51.4 Å². The van der Waals surface area contributed by atoms with Gasteiger partial charge >= 0.3 is 0 Å². The minimum Gasteiger partial charge on any atom is -0.493 e. The van der Waals surface area contributed by atoms with E-state index >= 15 is 0 Å². The molecule has 0 saturated carbocycles. The summed E-state index contributed by atoms with van der Waals surface area (Å²) in [7, 11) is 0. The number of piperidine rings is 1. The summed E-state index contributed by atoms with van der Waals surface area (Å²) in [6, 6.07) is 10.0. The summed E-state index contributed by atoms with van der Waals surface area (Å²) >= 11 is 0. The Kier molecular flexibility index (Phi) is 5.06. The predicted molar refractivity (Wildman–Crippen MR) is 83.6 cm³/mol.